The van der Waals surface area contributed by atoms with Gasteiger partial charge in [-0.3, -0.25) is 0 Å². The van der Waals surface area contributed by atoms with Gasteiger partial charge in [0.25, 0.3) is 0 Å². The Kier molecular flexibility index (Phi) is 4.04. The summed E-state index contributed by atoms with van der Waals surface area (Å²) in [5.74, 6) is 0.616. The lowest BCUT2D eigenvalue weighted by Gasteiger charge is -2.13. The van der Waals surface area contributed by atoms with Gasteiger partial charge in [0.1, 0.15) is 0 Å². The van der Waals surface area contributed by atoms with Crippen LogP contribution in [0.25, 0.3) is 0 Å². The van der Waals surface area contributed by atoms with Crippen LogP contribution in [0.4, 0.5) is 13.2 Å². The zero-order valence-corrected chi connectivity index (χ0v) is 9.08. The van der Waals surface area contributed by atoms with Crippen molar-refractivity contribution in [3.63, 3.8) is 0 Å². The minimum Gasteiger partial charge on any atom is -0.326 e. The van der Waals surface area contributed by atoms with Gasteiger partial charge in [-0.15, -0.1) is 11.8 Å². The fraction of sp³-hybridized carbons (Fsp3) is 0.400. The van der Waals surface area contributed by atoms with Gasteiger partial charge in [0.15, 0.2) is 0 Å². The Morgan fingerprint density at radius 1 is 1.33 bits per heavy atom. The number of hydrogen-bond acceptors (Lipinski definition) is 2. The third-order valence-corrected chi connectivity index (χ3v) is 2.84. The molecule has 0 radical (unpaired) electrons. The van der Waals surface area contributed by atoms with Crippen molar-refractivity contribution in [2.24, 2.45) is 5.73 Å². The molecule has 0 amide bonds. The zero-order valence-electron chi connectivity index (χ0n) is 8.27. The van der Waals surface area contributed by atoms with Gasteiger partial charge in [0, 0.05) is 11.4 Å². The molecule has 1 aromatic rings. The second-order valence-electron chi connectivity index (χ2n) is 2.97. The van der Waals surface area contributed by atoms with Crippen molar-refractivity contribution in [3.8, 4) is 0 Å². The SMILES string of the molecule is CCSc1ccc(CN)cc1C(F)(F)F. The third kappa shape index (κ3) is 3.14. The molecule has 0 saturated heterocycles. The topological polar surface area (TPSA) is 26.0 Å². The smallest absolute Gasteiger partial charge is 0.326 e. The fourth-order valence-electron chi connectivity index (χ4n) is 1.21. The molecule has 5 heteroatoms. The minimum absolute atomic E-state index is 0.125. The quantitative estimate of drug-likeness (QED) is 0.814. The van der Waals surface area contributed by atoms with Gasteiger partial charge in [-0.2, -0.15) is 13.2 Å². The van der Waals surface area contributed by atoms with Crippen molar-refractivity contribution in [2.75, 3.05) is 5.75 Å². The number of hydrogen-bond donors (Lipinski definition) is 1. The van der Waals surface area contributed by atoms with E-state index in [9.17, 15) is 13.2 Å². The molecule has 0 aliphatic carbocycles. The van der Waals surface area contributed by atoms with Gasteiger partial charge in [-0.1, -0.05) is 13.0 Å². The van der Waals surface area contributed by atoms with Crippen LogP contribution in [0, 0.1) is 0 Å². The van der Waals surface area contributed by atoms with Gasteiger partial charge in [-0.05, 0) is 23.4 Å². The summed E-state index contributed by atoms with van der Waals surface area (Å²) in [6.07, 6.45) is -4.30. The molecule has 0 atom stereocenters. The van der Waals surface area contributed by atoms with Crippen LogP contribution in [-0.4, -0.2) is 5.75 Å². The standard InChI is InChI=1S/C10H12F3NS/c1-2-15-9-4-3-7(6-14)5-8(9)10(11,12)13/h3-5H,2,6,14H2,1H3. The van der Waals surface area contributed by atoms with Crippen molar-refractivity contribution >= 4 is 11.8 Å². The molecule has 0 saturated carbocycles. The molecular weight excluding hydrogens is 223 g/mol. The summed E-state index contributed by atoms with van der Waals surface area (Å²) in [6, 6.07) is 4.24. The van der Waals surface area contributed by atoms with Crippen molar-refractivity contribution in [2.45, 2.75) is 24.5 Å². The lowest BCUT2D eigenvalue weighted by Crippen LogP contribution is -2.09. The Labute approximate surface area is 90.9 Å². The predicted octanol–water partition coefficient (Wildman–Crippen LogP) is 3.28. The number of nitrogens with two attached hydrogens (primary N) is 1. The highest BCUT2D eigenvalue weighted by Crippen LogP contribution is 2.37. The molecule has 15 heavy (non-hydrogen) atoms. The summed E-state index contributed by atoms with van der Waals surface area (Å²) in [6.45, 7) is 1.95. The van der Waals surface area contributed by atoms with E-state index < -0.39 is 11.7 Å². The highest BCUT2D eigenvalue weighted by atomic mass is 32.2. The van der Waals surface area contributed by atoms with Gasteiger partial charge in [0.2, 0.25) is 0 Å². The molecular formula is C10H12F3NS. The van der Waals surface area contributed by atoms with E-state index in [2.05, 4.69) is 0 Å². The molecule has 0 unspecified atom stereocenters. The van der Waals surface area contributed by atoms with E-state index in [1.165, 1.54) is 17.8 Å². The Hall–Kier alpha value is -0.680. The number of rotatable bonds is 3. The van der Waals surface area contributed by atoms with Crippen LogP contribution in [0.15, 0.2) is 23.1 Å². The first-order valence-corrected chi connectivity index (χ1v) is 5.50. The Morgan fingerprint density at radius 2 is 2.00 bits per heavy atom. The first kappa shape index (κ1) is 12.4. The summed E-state index contributed by atoms with van der Waals surface area (Å²) in [7, 11) is 0. The van der Waals surface area contributed by atoms with E-state index in [1.807, 2.05) is 6.92 Å². The predicted molar refractivity (Wildman–Crippen MR) is 55.7 cm³/mol. The molecule has 0 aliphatic heterocycles. The van der Waals surface area contributed by atoms with Crippen LogP contribution in [-0.2, 0) is 12.7 Å². The molecule has 0 aromatic heterocycles. The van der Waals surface area contributed by atoms with Crippen molar-refractivity contribution in [3.05, 3.63) is 29.3 Å². The Bertz CT molecular complexity index is 336. The molecule has 1 rings (SSSR count). The third-order valence-electron chi connectivity index (χ3n) is 1.88. The largest absolute Gasteiger partial charge is 0.417 e. The van der Waals surface area contributed by atoms with E-state index in [0.717, 1.165) is 6.07 Å². The average molecular weight is 235 g/mol. The van der Waals surface area contributed by atoms with Gasteiger partial charge in [-0.25, -0.2) is 0 Å². The molecule has 2 N–H and O–H groups in total. The summed E-state index contributed by atoms with van der Waals surface area (Å²) >= 11 is 1.19. The van der Waals surface area contributed by atoms with Crippen molar-refractivity contribution in [1.29, 1.82) is 0 Å². The van der Waals surface area contributed by atoms with Crippen molar-refractivity contribution < 1.29 is 13.2 Å². The first-order chi connectivity index (χ1) is 6.99. The van der Waals surface area contributed by atoms with Crippen molar-refractivity contribution in [1.82, 2.24) is 0 Å². The minimum atomic E-state index is -4.30. The summed E-state index contributed by atoms with van der Waals surface area (Å²) in [5, 5.41) is 0. The van der Waals surface area contributed by atoms with Crippen LogP contribution < -0.4 is 5.73 Å². The fourth-order valence-corrected chi connectivity index (χ4v) is 2.01. The normalized spacial score (nSPS) is 11.8. The first-order valence-electron chi connectivity index (χ1n) is 4.52. The molecule has 0 heterocycles. The van der Waals surface area contributed by atoms with E-state index in [1.54, 1.807) is 6.07 Å². The van der Waals surface area contributed by atoms with E-state index in [-0.39, 0.29) is 11.4 Å². The lowest BCUT2D eigenvalue weighted by atomic mass is 10.1. The highest BCUT2D eigenvalue weighted by molar-refractivity contribution is 7.99. The van der Waals surface area contributed by atoms with Crippen LogP contribution >= 0.6 is 11.8 Å². The van der Waals surface area contributed by atoms with Crippen LogP contribution in [0.2, 0.25) is 0 Å². The molecule has 0 fully saturated rings. The molecule has 0 bridgehead atoms. The second kappa shape index (κ2) is 4.90. The van der Waals surface area contributed by atoms with Crippen LogP contribution in [0.5, 0.6) is 0 Å². The lowest BCUT2D eigenvalue weighted by molar-refractivity contribution is -0.139. The number of halogens is 3. The van der Waals surface area contributed by atoms with E-state index >= 15 is 0 Å². The molecule has 84 valence electrons. The van der Waals surface area contributed by atoms with E-state index in [0.29, 0.717) is 11.3 Å². The zero-order chi connectivity index (χ0) is 11.5. The number of thioether (sulfide) groups is 1. The van der Waals surface area contributed by atoms with Crippen LogP contribution in [0.3, 0.4) is 0 Å². The molecule has 1 aromatic carbocycles. The second-order valence-corrected chi connectivity index (χ2v) is 4.27. The number of benzene rings is 1. The summed E-state index contributed by atoms with van der Waals surface area (Å²) in [5.41, 5.74) is 5.23. The van der Waals surface area contributed by atoms with E-state index in [4.69, 9.17) is 5.73 Å². The Morgan fingerprint density at radius 3 is 2.47 bits per heavy atom. The Balaban J connectivity index is 3.16. The molecule has 0 spiro atoms. The van der Waals surface area contributed by atoms with Crippen LogP contribution in [0.1, 0.15) is 18.1 Å². The highest BCUT2D eigenvalue weighted by Gasteiger charge is 2.33. The van der Waals surface area contributed by atoms with Gasteiger partial charge >= 0.3 is 6.18 Å². The average Bonchev–Trinajstić information content (AvgIpc) is 2.17. The van der Waals surface area contributed by atoms with Gasteiger partial charge in [0.05, 0.1) is 5.56 Å². The molecule has 0 aliphatic rings. The number of alkyl halides is 3. The monoisotopic (exact) mass is 235 g/mol. The maximum atomic E-state index is 12.6. The molecule has 1 nitrogen and oxygen atoms in total. The van der Waals surface area contributed by atoms with Gasteiger partial charge < -0.3 is 5.73 Å². The maximum Gasteiger partial charge on any atom is 0.417 e. The summed E-state index contributed by atoms with van der Waals surface area (Å²) < 4.78 is 37.9. The summed E-state index contributed by atoms with van der Waals surface area (Å²) in [4.78, 5) is 0.266. The maximum absolute atomic E-state index is 12.6.